The van der Waals surface area contributed by atoms with Gasteiger partial charge in [0.25, 0.3) is 0 Å². The molecule has 1 unspecified atom stereocenters. The quantitative estimate of drug-likeness (QED) is 0.482. The monoisotopic (exact) mass is 496 g/mol. The van der Waals surface area contributed by atoms with E-state index in [0.717, 1.165) is 37.2 Å². The molecule has 1 aliphatic heterocycles. The maximum Gasteiger partial charge on any atom is 0.240 e. The van der Waals surface area contributed by atoms with Crippen LogP contribution in [0.25, 0.3) is 0 Å². The Kier molecular flexibility index (Phi) is 8.75. The van der Waals surface area contributed by atoms with E-state index in [0.29, 0.717) is 5.75 Å². The molecule has 182 valence electrons. The van der Waals surface area contributed by atoms with Gasteiger partial charge >= 0.3 is 0 Å². The summed E-state index contributed by atoms with van der Waals surface area (Å²) in [7, 11) is -5.23. The average Bonchev–Trinajstić information content (AvgIpc) is 3.34. The minimum absolute atomic E-state index is 0.0264. The van der Waals surface area contributed by atoms with E-state index in [1.807, 2.05) is 24.3 Å². The lowest BCUT2D eigenvalue weighted by molar-refractivity contribution is 0.246. The first-order chi connectivity index (χ1) is 15.7. The molecule has 0 aliphatic carbocycles. The van der Waals surface area contributed by atoms with Crippen molar-refractivity contribution in [3.05, 3.63) is 54.1 Å². The number of likely N-dealkylation sites (tertiary alicyclic amines) is 1. The van der Waals surface area contributed by atoms with E-state index in [9.17, 15) is 16.8 Å². The number of rotatable bonds is 12. The summed E-state index contributed by atoms with van der Waals surface area (Å²) in [4.78, 5) is 2.42. The van der Waals surface area contributed by atoms with Crippen LogP contribution in [0.2, 0.25) is 0 Å². The molecule has 0 spiro atoms. The second kappa shape index (κ2) is 11.3. The molecule has 1 fully saturated rings. The fourth-order valence-electron chi connectivity index (χ4n) is 3.78. The van der Waals surface area contributed by atoms with Gasteiger partial charge < -0.3 is 9.47 Å². The number of methoxy groups -OCH3 is 1. The third-order valence-electron chi connectivity index (χ3n) is 5.76. The number of nitrogens with one attached hydrogen (secondary N) is 1. The van der Waals surface area contributed by atoms with Gasteiger partial charge in [0.05, 0.1) is 17.8 Å². The van der Waals surface area contributed by atoms with Gasteiger partial charge in [0.1, 0.15) is 18.1 Å². The van der Waals surface area contributed by atoms with Crippen molar-refractivity contribution in [2.45, 2.75) is 30.7 Å². The highest BCUT2D eigenvalue weighted by atomic mass is 32.2. The molecule has 10 heteroatoms. The number of sulfone groups is 1. The molecule has 1 atom stereocenters. The van der Waals surface area contributed by atoms with Crippen LogP contribution >= 0.6 is 0 Å². The van der Waals surface area contributed by atoms with Gasteiger partial charge in [-0.05, 0) is 67.9 Å². The third-order valence-corrected chi connectivity index (χ3v) is 8.87. The van der Waals surface area contributed by atoms with Crippen LogP contribution in [-0.2, 0) is 19.9 Å². The van der Waals surface area contributed by atoms with E-state index >= 15 is 0 Å². The van der Waals surface area contributed by atoms with E-state index in [1.165, 1.54) is 24.3 Å². The predicted octanol–water partition coefficient (Wildman–Crippen LogP) is 2.62. The minimum Gasteiger partial charge on any atom is -0.497 e. The zero-order valence-electron chi connectivity index (χ0n) is 19.1. The fourth-order valence-corrected chi connectivity index (χ4v) is 5.44. The Balaban J connectivity index is 1.66. The van der Waals surface area contributed by atoms with Gasteiger partial charge in [-0.3, -0.25) is 4.90 Å². The SMILES string of the molecule is CCS(=O)(=O)CCOc1ccc(S(=O)(=O)NCC(c2cccc(OC)c2)N2CCCC2)cc1. The molecule has 1 heterocycles. The molecule has 1 N–H and O–H groups in total. The Bertz CT molecular complexity index is 1110. The molecule has 33 heavy (non-hydrogen) atoms. The first-order valence-electron chi connectivity index (χ1n) is 11.0. The topological polar surface area (TPSA) is 102 Å². The molecule has 2 aromatic carbocycles. The van der Waals surface area contributed by atoms with E-state index in [2.05, 4.69) is 9.62 Å². The van der Waals surface area contributed by atoms with Crippen molar-refractivity contribution < 1.29 is 26.3 Å². The van der Waals surface area contributed by atoms with Crippen molar-refractivity contribution in [3.63, 3.8) is 0 Å². The lowest BCUT2D eigenvalue weighted by Gasteiger charge is -2.28. The molecular formula is C23H32N2O6S2. The number of sulfonamides is 1. The average molecular weight is 497 g/mol. The van der Waals surface area contributed by atoms with E-state index in [1.54, 1.807) is 14.0 Å². The maximum atomic E-state index is 12.9. The van der Waals surface area contributed by atoms with Gasteiger partial charge in [-0.25, -0.2) is 21.6 Å². The number of hydrogen-bond donors (Lipinski definition) is 1. The van der Waals surface area contributed by atoms with Gasteiger partial charge in [0.2, 0.25) is 10.0 Å². The Morgan fingerprint density at radius 3 is 2.33 bits per heavy atom. The van der Waals surface area contributed by atoms with Crippen LogP contribution in [0.3, 0.4) is 0 Å². The van der Waals surface area contributed by atoms with Gasteiger partial charge in [-0.15, -0.1) is 0 Å². The van der Waals surface area contributed by atoms with E-state index in [-0.39, 0.29) is 35.6 Å². The first-order valence-corrected chi connectivity index (χ1v) is 14.4. The van der Waals surface area contributed by atoms with Crippen LogP contribution in [0.5, 0.6) is 11.5 Å². The first kappa shape index (κ1) is 25.5. The van der Waals surface area contributed by atoms with Crippen LogP contribution in [0, 0.1) is 0 Å². The lowest BCUT2D eigenvalue weighted by atomic mass is 10.1. The summed E-state index contributed by atoms with van der Waals surface area (Å²) in [5.41, 5.74) is 1.00. The van der Waals surface area contributed by atoms with Crippen molar-refractivity contribution in [3.8, 4) is 11.5 Å². The molecule has 3 rings (SSSR count). The standard InChI is InChI=1S/C23H32N2O6S2/c1-3-32(26,27)16-15-31-20-9-11-22(12-10-20)33(28,29)24-18-23(25-13-4-5-14-25)19-7-6-8-21(17-19)30-2/h6-12,17,23-24H,3-5,13-16,18H2,1-2H3. The largest absolute Gasteiger partial charge is 0.497 e. The van der Waals surface area contributed by atoms with Crippen molar-refractivity contribution >= 4 is 19.9 Å². The zero-order chi connectivity index (χ0) is 23.9. The normalized spacial score (nSPS) is 15.9. The summed E-state index contributed by atoms with van der Waals surface area (Å²) < 4.78 is 62.5. The van der Waals surface area contributed by atoms with Crippen LogP contribution in [0.1, 0.15) is 31.4 Å². The van der Waals surface area contributed by atoms with Gasteiger partial charge in [0, 0.05) is 18.3 Å². The van der Waals surface area contributed by atoms with Gasteiger partial charge in [-0.1, -0.05) is 19.1 Å². The summed E-state index contributed by atoms with van der Waals surface area (Å²) in [6.45, 7) is 3.69. The maximum absolute atomic E-state index is 12.9. The molecule has 1 saturated heterocycles. The minimum atomic E-state index is -3.73. The summed E-state index contributed by atoms with van der Waals surface area (Å²) in [6.07, 6.45) is 2.18. The fraction of sp³-hybridized carbons (Fsp3) is 0.478. The smallest absolute Gasteiger partial charge is 0.240 e. The third kappa shape index (κ3) is 7.17. The Morgan fingerprint density at radius 1 is 1.00 bits per heavy atom. The van der Waals surface area contributed by atoms with Crippen LogP contribution < -0.4 is 14.2 Å². The Hall–Kier alpha value is -2.14. The summed E-state index contributed by atoms with van der Waals surface area (Å²) in [5.74, 6) is 1.15. The molecule has 0 aromatic heterocycles. The second-order valence-electron chi connectivity index (χ2n) is 7.94. The van der Waals surface area contributed by atoms with Crippen molar-refractivity contribution in [2.24, 2.45) is 0 Å². The van der Waals surface area contributed by atoms with Crippen molar-refractivity contribution in [1.82, 2.24) is 9.62 Å². The molecule has 0 amide bonds. The summed E-state index contributed by atoms with van der Waals surface area (Å²) in [5, 5.41) is 0. The summed E-state index contributed by atoms with van der Waals surface area (Å²) >= 11 is 0. The molecule has 1 aliphatic rings. The van der Waals surface area contributed by atoms with Crippen molar-refractivity contribution in [2.75, 3.05) is 44.9 Å². The number of benzene rings is 2. The molecule has 0 saturated carbocycles. The van der Waals surface area contributed by atoms with E-state index in [4.69, 9.17) is 9.47 Å². The highest BCUT2D eigenvalue weighted by Crippen LogP contribution is 2.27. The molecule has 0 bridgehead atoms. The van der Waals surface area contributed by atoms with Crippen LogP contribution in [0.15, 0.2) is 53.4 Å². The van der Waals surface area contributed by atoms with Gasteiger partial charge in [0.15, 0.2) is 9.84 Å². The zero-order valence-corrected chi connectivity index (χ0v) is 20.7. The molecule has 8 nitrogen and oxygen atoms in total. The Morgan fingerprint density at radius 2 is 1.70 bits per heavy atom. The highest BCUT2D eigenvalue weighted by Gasteiger charge is 2.26. The Labute approximate surface area is 196 Å². The molecule has 2 aromatic rings. The number of hydrogen-bond acceptors (Lipinski definition) is 7. The van der Waals surface area contributed by atoms with Crippen molar-refractivity contribution in [1.29, 1.82) is 0 Å². The predicted molar refractivity (Wildman–Crippen MR) is 128 cm³/mol. The summed E-state index contributed by atoms with van der Waals surface area (Å²) in [6, 6.07) is 13.6. The van der Waals surface area contributed by atoms with E-state index < -0.39 is 19.9 Å². The molecular weight excluding hydrogens is 464 g/mol. The lowest BCUT2D eigenvalue weighted by Crippen LogP contribution is -2.36. The number of ether oxygens (including phenoxy) is 2. The van der Waals surface area contributed by atoms with Crippen LogP contribution in [0.4, 0.5) is 0 Å². The van der Waals surface area contributed by atoms with Crippen LogP contribution in [-0.4, -0.2) is 66.6 Å². The van der Waals surface area contributed by atoms with Gasteiger partial charge in [-0.2, -0.15) is 0 Å². The number of nitrogens with zero attached hydrogens (tertiary/aromatic N) is 1. The highest BCUT2D eigenvalue weighted by molar-refractivity contribution is 7.91. The molecule has 0 radical (unpaired) electrons. The second-order valence-corrected chi connectivity index (χ2v) is 12.2.